The molecule has 0 fully saturated rings. The number of nitro groups is 1. The van der Waals surface area contributed by atoms with E-state index >= 15 is 0 Å². The zero-order valence-corrected chi connectivity index (χ0v) is 12.0. The first-order chi connectivity index (χ1) is 8.85. The van der Waals surface area contributed by atoms with Crippen molar-refractivity contribution in [1.29, 1.82) is 0 Å². The van der Waals surface area contributed by atoms with Crippen LogP contribution in [0.15, 0.2) is 18.2 Å². The minimum Gasteiger partial charge on any atom is -0.348 e. The number of nitrogens with zero attached hydrogens (tertiary/aromatic N) is 1. The second-order valence-corrected chi connectivity index (χ2v) is 5.18. The minimum atomic E-state index is -0.593. The molecular weight excluding hydrogens is 291 g/mol. The lowest BCUT2D eigenvalue weighted by Gasteiger charge is -2.19. The summed E-state index contributed by atoms with van der Waals surface area (Å²) in [5, 5.41) is 13.6. The predicted octanol–water partition coefficient (Wildman–Crippen LogP) is 3.24. The molecular formula is C12H14Cl2N2O3. The highest BCUT2D eigenvalue weighted by molar-refractivity contribution is 6.31. The number of non-ortho nitro benzene ring substituents is 1. The van der Waals surface area contributed by atoms with Gasteiger partial charge in [-0.25, -0.2) is 0 Å². The zero-order chi connectivity index (χ0) is 14.6. The van der Waals surface area contributed by atoms with Crippen molar-refractivity contribution < 1.29 is 9.72 Å². The molecule has 0 aromatic heterocycles. The standard InChI is InChI=1S/C12H14Cl2N2O3/c1-7(2)11(6-13)15-12(17)8-3-9(14)5-10(4-8)16(18)19/h3-5,7,11H,6H2,1-2H3,(H,15,17). The van der Waals surface area contributed by atoms with Crippen LogP contribution >= 0.6 is 23.2 Å². The van der Waals surface area contributed by atoms with E-state index in [-0.39, 0.29) is 34.1 Å². The molecule has 0 aliphatic carbocycles. The van der Waals surface area contributed by atoms with Gasteiger partial charge in [0.2, 0.25) is 0 Å². The van der Waals surface area contributed by atoms with Crippen molar-refractivity contribution in [3.05, 3.63) is 38.9 Å². The SMILES string of the molecule is CC(C)C(CCl)NC(=O)c1cc(Cl)cc([N+](=O)[O-])c1. The highest BCUT2D eigenvalue weighted by Crippen LogP contribution is 2.21. The van der Waals surface area contributed by atoms with Crippen LogP contribution < -0.4 is 5.32 Å². The van der Waals surface area contributed by atoms with E-state index < -0.39 is 10.8 Å². The highest BCUT2D eigenvalue weighted by atomic mass is 35.5. The monoisotopic (exact) mass is 304 g/mol. The number of hydrogen-bond acceptors (Lipinski definition) is 3. The number of nitro benzene ring substituents is 1. The van der Waals surface area contributed by atoms with Gasteiger partial charge in [0.1, 0.15) is 0 Å². The van der Waals surface area contributed by atoms with E-state index in [1.807, 2.05) is 13.8 Å². The van der Waals surface area contributed by atoms with Gasteiger partial charge in [-0.05, 0) is 12.0 Å². The first kappa shape index (κ1) is 15.7. The van der Waals surface area contributed by atoms with Crippen molar-refractivity contribution >= 4 is 34.8 Å². The fraction of sp³-hybridized carbons (Fsp3) is 0.417. The Morgan fingerprint density at radius 1 is 1.42 bits per heavy atom. The molecule has 7 heteroatoms. The van der Waals surface area contributed by atoms with E-state index in [4.69, 9.17) is 23.2 Å². The molecule has 1 rings (SSSR count). The Hall–Kier alpha value is -1.33. The molecule has 104 valence electrons. The minimum absolute atomic E-state index is 0.145. The van der Waals surface area contributed by atoms with Crippen LogP contribution in [0.2, 0.25) is 5.02 Å². The Morgan fingerprint density at radius 3 is 2.53 bits per heavy atom. The first-order valence-electron chi connectivity index (χ1n) is 5.67. The number of carbonyl (C=O) groups excluding carboxylic acids is 1. The molecule has 0 aliphatic heterocycles. The molecule has 0 heterocycles. The van der Waals surface area contributed by atoms with Crippen LogP contribution in [0.4, 0.5) is 5.69 Å². The molecule has 0 saturated carbocycles. The van der Waals surface area contributed by atoms with Gasteiger partial charge in [-0.15, -0.1) is 11.6 Å². The van der Waals surface area contributed by atoms with Crippen LogP contribution in [-0.2, 0) is 0 Å². The summed E-state index contributed by atoms with van der Waals surface area (Å²) in [6, 6.07) is 3.56. The maximum absolute atomic E-state index is 12.0. The number of nitrogens with one attached hydrogen (secondary N) is 1. The fourth-order valence-corrected chi connectivity index (χ4v) is 2.11. The molecule has 0 bridgehead atoms. The molecule has 0 spiro atoms. The lowest BCUT2D eigenvalue weighted by Crippen LogP contribution is -2.39. The van der Waals surface area contributed by atoms with Gasteiger partial charge in [-0.2, -0.15) is 0 Å². The molecule has 0 aliphatic rings. The van der Waals surface area contributed by atoms with Gasteiger partial charge < -0.3 is 5.32 Å². The predicted molar refractivity (Wildman–Crippen MR) is 74.9 cm³/mol. The summed E-state index contributed by atoms with van der Waals surface area (Å²) >= 11 is 11.5. The number of rotatable bonds is 5. The van der Waals surface area contributed by atoms with Gasteiger partial charge in [0.25, 0.3) is 11.6 Å². The first-order valence-corrected chi connectivity index (χ1v) is 6.58. The van der Waals surface area contributed by atoms with Gasteiger partial charge in [-0.1, -0.05) is 25.4 Å². The molecule has 1 atom stereocenters. The summed E-state index contributed by atoms with van der Waals surface area (Å²) in [5.74, 6) is 0.00655. The third-order valence-corrected chi connectivity index (χ3v) is 3.19. The van der Waals surface area contributed by atoms with E-state index in [0.717, 1.165) is 0 Å². The molecule has 0 radical (unpaired) electrons. The van der Waals surface area contributed by atoms with Crippen LogP contribution in [-0.4, -0.2) is 22.8 Å². The highest BCUT2D eigenvalue weighted by Gasteiger charge is 2.18. The van der Waals surface area contributed by atoms with E-state index in [1.165, 1.54) is 18.2 Å². The molecule has 0 saturated heterocycles. The quantitative estimate of drug-likeness (QED) is 0.515. The zero-order valence-electron chi connectivity index (χ0n) is 10.5. The molecule has 1 N–H and O–H groups in total. The van der Waals surface area contributed by atoms with Crippen molar-refractivity contribution in [1.82, 2.24) is 5.32 Å². The Labute approximate surface area is 121 Å². The smallest absolute Gasteiger partial charge is 0.271 e. The lowest BCUT2D eigenvalue weighted by molar-refractivity contribution is -0.384. The van der Waals surface area contributed by atoms with Gasteiger partial charge >= 0.3 is 0 Å². The van der Waals surface area contributed by atoms with Gasteiger partial charge in [0, 0.05) is 34.6 Å². The summed E-state index contributed by atoms with van der Waals surface area (Å²) in [6.07, 6.45) is 0. The van der Waals surface area contributed by atoms with Crippen molar-refractivity contribution in [3.8, 4) is 0 Å². The van der Waals surface area contributed by atoms with Crippen LogP contribution in [0.5, 0.6) is 0 Å². The number of benzene rings is 1. The largest absolute Gasteiger partial charge is 0.348 e. The maximum atomic E-state index is 12.0. The molecule has 1 amide bonds. The molecule has 1 aromatic rings. The van der Waals surface area contributed by atoms with Crippen molar-refractivity contribution in [2.24, 2.45) is 5.92 Å². The van der Waals surface area contributed by atoms with Crippen LogP contribution in [0.3, 0.4) is 0 Å². The van der Waals surface area contributed by atoms with Crippen molar-refractivity contribution in [2.75, 3.05) is 5.88 Å². The molecule has 1 aromatic carbocycles. The number of hydrogen-bond donors (Lipinski definition) is 1. The Kier molecular flexibility index (Phi) is 5.57. The average molecular weight is 305 g/mol. The topological polar surface area (TPSA) is 72.2 Å². The van der Waals surface area contributed by atoms with E-state index in [9.17, 15) is 14.9 Å². The lowest BCUT2D eigenvalue weighted by atomic mass is 10.1. The van der Waals surface area contributed by atoms with E-state index in [2.05, 4.69) is 5.32 Å². The number of alkyl halides is 1. The second-order valence-electron chi connectivity index (χ2n) is 4.43. The summed E-state index contributed by atoms with van der Waals surface area (Å²) < 4.78 is 0. The van der Waals surface area contributed by atoms with Crippen molar-refractivity contribution in [2.45, 2.75) is 19.9 Å². The summed E-state index contributed by atoms with van der Waals surface area (Å²) in [4.78, 5) is 22.1. The van der Waals surface area contributed by atoms with Crippen LogP contribution in [0.1, 0.15) is 24.2 Å². The third kappa shape index (κ3) is 4.36. The Balaban J connectivity index is 2.96. The summed E-state index contributed by atoms with van der Waals surface area (Å²) in [7, 11) is 0. The van der Waals surface area contributed by atoms with Crippen LogP contribution in [0, 0.1) is 16.0 Å². The van der Waals surface area contributed by atoms with Crippen molar-refractivity contribution in [3.63, 3.8) is 0 Å². The van der Waals surface area contributed by atoms with Gasteiger partial charge in [0.05, 0.1) is 4.92 Å². The average Bonchev–Trinajstić information content (AvgIpc) is 2.34. The second kappa shape index (κ2) is 6.73. The normalized spacial score (nSPS) is 12.3. The number of amides is 1. The molecule has 1 unspecified atom stereocenters. The summed E-state index contributed by atoms with van der Waals surface area (Å²) in [5.41, 5.74) is -0.0698. The fourth-order valence-electron chi connectivity index (χ4n) is 1.45. The number of halogens is 2. The number of carbonyl (C=O) groups is 1. The molecule has 19 heavy (non-hydrogen) atoms. The van der Waals surface area contributed by atoms with Gasteiger partial charge in [0.15, 0.2) is 0 Å². The summed E-state index contributed by atoms with van der Waals surface area (Å²) in [6.45, 7) is 3.85. The molecule has 5 nitrogen and oxygen atoms in total. The third-order valence-electron chi connectivity index (χ3n) is 2.64. The van der Waals surface area contributed by atoms with Gasteiger partial charge in [-0.3, -0.25) is 14.9 Å². The van der Waals surface area contributed by atoms with Crippen LogP contribution in [0.25, 0.3) is 0 Å². The maximum Gasteiger partial charge on any atom is 0.271 e. The Bertz CT molecular complexity index is 492. The Morgan fingerprint density at radius 2 is 2.05 bits per heavy atom. The van der Waals surface area contributed by atoms with E-state index in [0.29, 0.717) is 0 Å². The van der Waals surface area contributed by atoms with E-state index in [1.54, 1.807) is 0 Å².